The lowest BCUT2D eigenvalue weighted by Crippen LogP contribution is -2.50. The van der Waals surface area contributed by atoms with Gasteiger partial charge >= 0.3 is 12.0 Å². The Morgan fingerprint density at radius 1 is 1.33 bits per heavy atom. The molecule has 0 atom stereocenters. The minimum atomic E-state index is -1.01. The maximum atomic E-state index is 12.6. The highest BCUT2D eigenvalue weighted by Crippen LogP contribution is 2.24. The molecular weight excluding hydrogens is 274 g/mol. The molecule has 0 saturated heterocycles. The van der Waals surface area contributed by atoms with Crippen LogP contribution in [0.3, 0.4) is 0 Å². The van der Waals surface area contributed by atoms with Gasteiger partial charge in [0.1, 0.15) is 6.54 Å². The van der Waals surface area contributed by atoms with E-state index in [9.17, 15) is 9.59 Å². The van der Waals surface area contributed by atoms with Crippen LogP contribution >= 0.6 is 0 Å². The van der Waals surface area contributed by atoms with Crippen molar-refractivity contribution in [3.8, 4) is 6.07 Å². The summed E-state index contributed by atoms with van der Waals surface area (Å²) < 4.78 is 4.98. The molecule has 7 heteroatoms. The standard InChI is InChI=1S/C14H23N3O4/c1-21-10-9-16(8-4-7-15)14(20)17(11-13(18)19)12-5-2-3-6-12/h12H,2-6,8-11H2,1H3,(H,18,19). The molecular formula is C14H23N3O4. The van der Waals surface area contributed by atoms with E-state index >= 15 is 0 Å². The number of carboxylic acids is 1. The van der Waals surface area contributed by atoms with Crippen LogP contribution in [-0.4, -0.2) is 66.3 Å². The fraction of sp³-hybridized carbons (Fsp3) is 0.786. The van der Waals surface area contributed by atoms with Crippen molar-refractivity contribution in [1.82, 2.24) is 9.80 Å². The minimum Gasteiger partial charge on any atom is -0.480 e. The minimum absolute atomic E-state index is 0.0132. The predicted octanol–water partition coefficient (Wildman–Crippen LogP) is 1.30. The SMILES string of the molecule is COCCN(CCC#N)C(=O)N(CC(=O)O)C1CCCC1. The lowest BCUT2D eigenvalue weighted by Gasteiger charge is -2.33. The highest BCUT2D eigenvalue weighted by Gasteiger charge is 2.31. The number of urea groups is 1. The lowest BCUT2D eigenvalue weighted by molar-refractivity contribution is -0.138. The molecule has 1 aliphatic carbocycles. The number of nitrogens with zero attached hydrogens (tertiary/aromatic N) is 3. The van der Waals surface area contributed by atoms with E-state index in [-0.39, 0.29) is 25.0 Å². The van der Waals surface area contributed by atoms with E-state index in [1.165, 1.54) is 9.80 Å². The number of hydrogen-bond donors (Lipinski definition) is 1. The maximum Gasteiger partial charge on any atom is 0.323 e. The van der Waals surface area contributed by atoms with E-state index in [2.05, 4.69) is 0 Å². The largest absolute Gasteiger partial charge is 0.480 e. The van der Waals surface area contributed by atoms with Gasteiger partial charge in [-0.05, 0) is 12.8 Å². The molecule has 1 N–H and O–H groups in total. The van der Waals surface area contributed by atoms with Crippen LogP contribution in [0.4, 0.5) is 4.79 Å². The van der Waals surface area contributed by atoms with Crippen LogP contribution in [0.15, 0.2) is 0 Å². The Balaban J connectivity index is 2.77. The fourth-order valence-electron chi connectivity index (χ4n) is 2.59. The molecule has 7 nitrogen and oxygen atoms in total. The summed E-state index contributed by atoms with van der Waals surface area (Å²) in [6.07, 6.45) is 3.94. The van der Waals surface area contributed by atoms with Crippen molar-refractivity contribution in [2.45, 2.75) is 38.1 Å². The molecule has 0 radical (unpaired) electrons. The molecule has 0 aromatic carbocycles. The van der Waals surface area contributed by atoms with Crippen LogP contribution < -0.4 is 0 Å². The van der Waals surface area contributed by atoms with Gasteiger partial charge in [-0.2, -0.15) is 5.26 Å². The third-order valence-electron chi connectivity index (χ3n) is 3.65. The number of rotatable bonds is 8. The Morgan fingerprint density at radius 2 is 2.00 bits per heavy atom. The first-order valence-corrected chi connectivity index (χ1v) is 7.23. The second-order valence-electron chi connectivity index (χ2n) is 5.13. The summed E-state index contributed by atoms with van der Waals surface area (Å²) in [6.45, 7) is 0.726. The van der Waals surface area contributed by atoms with E-state index in [4.69, 9.17) is 15.1 Å². The van der Waals surface area contributed by atoms with Crippen LogP contribution in [0.2, 0.25) is 0 Å². The average Bonchev–Trinajstić information content (AvgIpc) is 2.98. The summed E-state index contributed by atoms with van der Waals surface area (Å²) in [5.41, 5.74) is 0. The van der Waals surface area contributed by atoms with Gasteiger partial charge in [0.05, 0.1) is 19.1 Å². The quantitative estimate of drug-likeness (QED) is 0.728. The molecule has 21 heavy (non-hydrogen) atoms. The highest BCUT2D eigenvalue weighted by atomic mass is 16.5. The number of aliphatic carboxylic acids is 1. The van der Waals surface area contributed by atoms with Gasteiger partial charge in [0, 0.05) is 26.2 Å². The van der Waals surface area contributed by atoms with Crippen LogP contribution in [-0.2, 0) is 9.53 Å². The lowest BCUT2D eigenvalue weighted by atomic mass is 10.2. The Morgan fingerprint density at radius 3 is 2.52 bits per heavy atom. The van der Waals surface area contributed by atoms with E-state index < -0.39 is 5.97 Å². The molecule has 1 aliphatic rings. The molecule has 0 aromatic rings. The molecule has 0 aromatic heterocycles. The Hall–Kier alpha value is -1.81. The molecule has 0 unspecified atom stereocenters. The second-order valence-corrected chi connectivity index (χ2v) is 5.13. The van der Waals surface area contributed by atoms with Crippen molar-refractivity contribution >= 4 is 12.0 Å². The number of methoxy groups -OCH3 is 1. The van der Waals surface area contributed by atoms with E-state index in [1.54, 1.807) is 7.11 Å². The summed E-state index contributed by atoms with van der Waals surface area (Å²) in [4.78, 5) is 26.6. The smallest absolute Gasteiger partial charge is 0.323 e. The van der Waals surface area contributed by atoms with Crippen LogP contribution in [0.25, 0.3) is 0 Å². The number of carbonyl (C=O) groups is 2. The summed E-state index contributed by atoms with van der Waals surface area (Å²) in [6, 6.07) is 1.69. The normalized spacial score (nSPS) is 14.7. The molecule has 1 rings (SSSR count). The number of carboxylic acid groups (broad SMARTS) is 1. The van der Waals surface area contributed by atoms with Gasteiger partial charge in [-0.3, -0.25) is 4.79 Å². The Labute approximate surface area is 125 Å². The van der Waals surface area contributed by atoms with E-state index in [0.717, 1.165) is 25.7 Å². The molecule has 118 valence electrons. The van der Waals surface area contributed by atoms with Crippen LogP contribution in [0.1, 0.15) is 32.1 Å². The first-order valence-electron chi connectivity index (χ1n) is 7.23. The average molecular weight is 297 g/mol. The molecule has 0 spiro atoms. The van der Waals surface area contributed by atoms with Gasteiger partial charge < -0.3 is 19.6 Å². The number of amides is 2. The summed E-state index contributed by atoms with van der Waals surface area (Å²) in [5, 5.41) is 17.7. The second kappa shape index (κ2) is 9.19. The third-order valence-corrected chi connectivity index (χ3v) is 3.65. The zero-order valence-corrected chi connectivity index (χ0v) is 12.5. The van der Waals surface area contributed by atoms with Gasteiger partial charge in [0.2, 0.25) is 0 Å². The molecule has 0 bridgehead atoms. The van der Waals surface area contributed by atoms with Gasteiger partial charge in [0.15, 0.2) is 0 Å². The zero-order chi connectivity index (χ0) is 15.7. The molecule has 0 heterocycles. The molecule has 2 amide bonds. The number of ether oxygens (including phenoxy) is 1. The zero-order valence-electron chi connectivity index (χ0n) is 12.5. The van der Waals surface area contributed by atoms with Gasteiger partial charge in [-0.25, -0.2) is 4.79 Å². The Bertz CT molecular complexity index is 388. The predicted molar refractivity (Wildman–Crippen MR) is 75.7 cm³/mol. The van der Waals surface area contributed by atoms with Crippen molar-refractivity contribution < 1.29 is 19.4 Å². The molecule has 1 saturated carbocycles. The first-order chi connectivity index (χ1) is 10.1. The number of carbonyl (C=O) groups excluding carboxylic acids is 1. The molecule has 0 aliphatic heterocycles. The fourth-order valence-corrected chi connectivity index (χ4v) is 2.59. The summed E-state index contributed by atoms with van der Waals surface area (Å²) >= 11 is 0. The summed E-state index contributed by atoms with van der Waals surface area (Å²) in [5.74, 6) is -1.01. The highest BCUT2D eigenvalue weighted by molar-refractivity contribution is 5.80. The van der Waals surface area contributed by atoms with E-state index in [0.29, 0.717) is 19.7 Å². The van der Waals surface area contributed by atoms with E-state index in [1.807, 2.05) is 6.07 Å². The Kier molecular flexibility index (Phi) is 7.54. The van der Waals surface area contributed by atoms with Gasteiger partial charge in [-0.1, -0.05) is 12.8 Å². The third kappa shape index (κ3) is 5.60. The maximum absolute atomic E-state index is 12.6. The van der Waals surface area contributed by atoms with Gasteiger partial charge in [-0.15, -0.1) is 0 Å². The number of nitriles is 1. The first kappa shape index (κ1) is 17.2. The van der Waals surface area contributed by atoms with Crippen molar-refractivity contribution in [3.05, 3.63) is 0 Å². The van der Waals surface area contributed by atoms with Crippen molar-refractivity contribution in [2.24, 2.45) is 0 Å². The van der Waals surface area contributed by atoms with Crippen molar-refractivity contribution in [2.75, 3.05) is 33.4 Å². The molecule has 1 fully saturated rings. The summed E-state index contributed by atoms with van der Waals surface area (Å²) in [7, 11) is 1.54. The number of hydrogen-bond acceptors (Lipinski definition) is 4. The van der Waals surface area contributed by atoms with Crippen molar-refractivity contribution in [3.63, 3.8) is 0 Å². The van der Waals surface area contributed by atoms with Gasteiger partial charge in [0.25, 0.3) is 0 Å². The topological polar surface area (TPSA) is 93.9 Å². The van der Waals surface area contributed by atoms with Crippen LogP contribution in [0, 0.1) is 11.3 Å². The monoisotopic (exact) mass is 297 g/mol. The van der Waals surface area contributed by atoms with Crippen molar-refractivity contribution in [1.29, 1.82) is 5.26 Å². The van der Waals surface area contributed by atoms with Crippen LogP contribution in [0.5, 0.6) is 0 Å².